The van der Waals surface area contributed by atoms with Gasteiger partial charge in [-0.25, -0.2) is 0 Å². The van der Waals surface area contributed by atoms with E-state index in [-0.39, 0.29) is 24.0 Å². The van der Waals surface area contributed by atoms with Crippen LogP contribution in [0.4, 0.5) is 0 Å². The van der Waals surface area contributed by atoms with E-state index in [9.17, 15) is 9.59 Å². The summed E-state index contributed by atoms with van der Waals surface area (Å²) in [4.78, 5) is 28.5. The van der Waals surface area contributed by atoms with Crippen molar-refractivity contribution in [2.24, 2.45) is 0 Å². The highest BCUT2D eigenvalue weighted by atomic mass is 32.2. The van der Waals surface area contributed by atoms with Gasteiger partial charge in [0, 0.05) is 24.0 Å². The fraction of sp³-hybridized carbons (Fsp3) is 0.348. The van der Waals surface area contributed by atoms with Gasteiger partial charge in [0.05, 0.1) is 12.2 Å². The number of rotatable bonds is 7. The van der Waals surface area contributed by atoms with Crippen molar-refractivity contribution < 1.29 is 9.59 Å². The third-order valence-electron chi connectivity index (χ3n) is 5.42. The fourth-order valence-corrected chi connectivity index (χ4v) is 4.68. The van der Waals surface area contributed by atoms with Gasteiger partial charge in [-0.05, 0) is 30.5 Å². The van der Waals surface area contributed by atoms with Gasteiger partial charge in [-0.3, -0.25) is 30.0 Å². The summed E-state index contributed by atoms with van der Waals surface area (Å²) in [5.41, 5.74) is 6.81. The van der Waals surface area contributed by atoms with Crippen LogP contribution in [0.25, 0.3) is 11.4 Å². The predicted octanol–water partition coefficient (Wildman–Crippen LogP) is 3.33. The molecule has 0 aliphatic heterocycles. The minimum Gasteiger partial charge on any atom is -0.299 e. The van der Waals surface area contributed by atoms with E-state index in [4.69, 9.17) is 0 Å². The Morgan fingerprint density at radius 2 is 1.66 bits per heavy atom. The van der Waals surface area contributed by atoms with Gasteiger partial charge in [0.25, 0.3) is 0 Å². The Hall–Kier alpha value is -3.20. The molecule has 0 radical (unpaired) electrons. The van der Waals surface area contributed by atoms with Crippen LogP contribution in [0.5, 0.6) is 0 Å². The average Bonchev–Trinajstić information content (AvgIpc) is 3.27. The Labute approximate surface area is 191 Å². The van der Waals surface area contributed by atoms with E-state index < -0.39 is 0 Å². The maximum absolute atomic E-state index is 12.3. The average molecular weight is 451 g/mol. The quantitative estimate of drug-likeness (QED) is 0.423. The molecule has 4 rings (SSSR count). The molecule has 2 amide bonds. The molecule has 1 aliphatic carbocycles. The summed E-state index contributed by atoms with van der Waals surface area (Å²) in [5, 5.41) is 9.52. The van der Waals surface area contributed by atoms with Crippen molar-refractivity contribution in [3.05, 3.63) is 60.4 Å². The predicted molar refractivity (Wildman–Crippen MR) is 123 cm³/mol. The van der Waals surface area contributed by atoms with Crippen LogP contribution in [-0.4, -0.2) is 37.3 Å². The van der Waals surface area contributed by atoms with Crippen LogP contribution in [0.3, 0.4) is 0 Å². The van der Waals surface area contributed by atoms with Crippen molar-refractivity contribution in [2.45, 2.75) is 49.7 Å². The van der Waals surface area contributed by atoms with Crippen LogP contribution in [0.1, 0.15) is 43.7 Å². The van der Waals surface area contributed by atoms with Gasteiger partial charge in [0.1, 0.15) is 0 Å². The summed E-state index contributed by atoms with van der Waals surface area (Å²) in [6.07, 6.45) is 9.45. The van der Waals surface area contributed by atoms with Crippen molar-refractivity contribution in [3.63, 3.8) is 0 Å². The summed E-state index contributed by atoms with van der Waals surface area (Å²) >= 11 is 1.33. The van der Waals surface area contributed by atoms with E-state index in [1.807, 2.05) is 42.5 Å². The molecule has 2 heterocycles. The maximum Gasteiger partial charge on any atom is 0.248 e. The van der Waals surface area contributed by atoms with Gasteiger partial charge in [0.2, 0.25) is 11.8 Å². The van der Waals surface area contributed by atoms with Crippen LogP contribution in [-0.2, 0) is 16.0 Å². The molecule has 3 aromatic rings. The van der Waals surface area contributed by atoms with Crippen LogP contribution < -0.4 is 10.9 Å². The number of pyridine rings is 1. The zero-order chi connectivity index (χ0) is 22.2. The number of benzene rings is 1. The van der Waals surface area contributed by atoms with Gasteiger partial charge in [-0.1, -0.05) is 61.4 Å². The van der Waals surface area contributed by atoms with Crippen molar-refractivity contribution in [2.75, 3.05) is 5.75 Å². The fourth-order valence-electron chi connectivity index (χ4n) is 3.87. The molecule has 9 heteroatoms. The molecule has 8 nitrogen and oxygen atoms in total. The molecule has 0 bridgehead atoms. The number of thioether (sulfide) groups is 1. The highest BCUT2D eigenvalue weighted by Crippen LogP contribution is 2.35. The third-order valence-corrected chi connectivity index (χ3v) is 6.37. The van der Waals surface area contributed by atoms with E-state index in [1.54, 1.807) is 12.4 Å². The molecule has 0 unspecified atom stereocenters. The van der Waals surface area contributed by atoms with Gasteiger partial charge >= 0.3 is 0 Å². The highest BCUT2D eigenvalue weighted by Gasteiger charge is 2.24. The minimum atomic E-state index is -0.292. The lowest BCUT2D eigenvalue weighted by Gasteiger charge is -2.25. The number of nitrogens with one attached hydrogen (secondary N) is 2. The van der Waals surface area contributed by atoms with Crippen molar-refractivity contribution in [1.29, 1.82) is 0 Å². The summed E-state index contributed by atoms with van der Waals surface area (Å²) in [6.45, 7) is 0. The molecule has 1 fully saturated rings. The zero-order valence-corrected chi connectivity index (χ0v) is 18.6. The molecule has 2 N–H and O–H groups in total. The van der Waals surface area contributed by atoms with E-state index >= 15 is 0 Å². The van der Waals surface area contributed by atoms with Gasteiger partial charge in [0.15, 0.2) is 11.0 Å². The molecular formula is C23H26N6O2S. The van der Waals surface area contributed by atoms with Crippen LogP contribution in [0.15, 0.2) is 60.0 Å². The molecule has 1 saturated carbocycles. The number of hydrazine groups is 1. The third kappa shape index (κ3) is 5.73. The molecule has 0 atom stereocenters. The molecular weight excluding hydrogens is 424 g/mol. The summed E-state index contributed by atoms with van der Waals surface area (Å²) in [6, 6.07) is 13.6. The monoisotopic (exact) mass is 450 g/mol. The van der Waals surface area contributed by atoms with Gasteiger partial charge in [-0.2, -0.15) is 0 Å². The summed E-state index contributed by atoms with van der Waals surface area (Å²) in [7, 11) is 0. The van der Waals surface area contributed by atoms with E-state index in [0.717, 1.165) is 34.9 Å². The van der Waals surface area contributed by atoms with Crippen molar-refractivity contribution in [3.8, 4) is 11.4 Å². The topological polar surface area (TPSA) is 102 Å². The first-order chi connectivity index (χ1) is 15.7. The lowest BCUT2D eigenvalue weighted by atomic mass is 9.95. The minimum absolute atomic E-state index is 0.132. The Bertz CT molecular complexity index is 1040. The number of hydrogen-bond donors (Lipinski definition) is 2. The SMILES string of the molecule is O=C(CSc1nnc(-c2ccncc2)n1C1CCCCC1)NNC(=O)Cc1ccccc1. The highest BCUT2D eigenvalue weighted by molar-refractivity contribution is 7.99. The molecule has 32 heavy (non-hydrogen) atoms. The smallest absolute Gasteiger partial charge is 0.248 e. The van der Waals surface area contributed by atoms with E-state index in [0.29, 0.717) is 6.04 Å². The number of aromatic nitrogens is 4. The Kier molecular flexibility index (Phi) is 7.50. The first kappa shape index (κ1) is 22.0. The molecule has 0 spiro atoms. The number of hydrogen-bond acceptors (Lipinski definition) is 6. The zero-order valence-electron chi connectivity index (χ0n) is 17.7. The lowest BCUT2D eigenvalue weighted by Crippen LogP contribution is -2.43. The van der Waals surface area contributed by atoms with Crippen molar-refractivity contribution >= 4 is 23.6 Å². The normalized spacial score (nSPS) is 14.1. The lowest BCUT2D eigenvalue weighted by molar-refractivity contribution is -0.127. The van der Waals surface area contributed by atoms with Crippen LogP contribution >= 0.6 is 11.8 Å². The van der Waals surface area contributed by atoms with E-state index in [1.165, 1.54) is 31.0 Å². The molecule has 2 aromatic heterocycles. The Balaban J connectivity index is 1.37. The number of nitrogens with zero attached hydrogens (tertiary/aromatic N) is 4. The first-order valence-corrected chi connectivity index (χ1v) is 11.8. The summed E-state index contributed by atoms with van der Waals surface area (Å²) in [5.74, 6) is 0.380. The Morgan fingerprint density at radius 3 is 2.41 bits per heavy atom. The molecule has 1 aromatic carbocycles. The first-order valence-electron chi connectivity index (χ1n) is 10.8. The number of amides is 2. The largest absolute Gasteiger partial charge is 0.299 e. The second-order valence-electron chi connectivity index (χ2n) is 7.75. The van der Waals surface area contributed by atoms with Gasteiger partial charge in [-0.15, -0.1) is 10.2 Å². The number of carbonyl (C=O) groups excluding carboxylic acids is 2. The second kappa shape index (κ2) is 10.9. The molecule has 0 saturated heterocycles. The van der Waals surface area contributed by atoms with Crippen LogP contribution in [0, 0.1) is 0 Å². The Morgan fingerprint density at radius 1 is 0.938 bits per heavy atom. The summed E-state index contributed by atoms with van der Waals surface area (Å²) < 4.78 is 2.17. The van der Waals surface area contributed by atoms with E-state index in [2.05, 4.69) is 30.6 Å². The molecule has 1 aliphatic rings. The number of carbonyl (C=O) groups is 2. The van der Waals surface area contributed by atoms with Crippen molar-refractivity contribution in [1.82, 2.24) is 30.6 Å². The second-order valence-corrected chi connectivity index (χ2v) is 8.69. The molecule has 166 valence electrons. The van der Waals surface area contributed by atoms with Gasteiger partial charge < -0.3 is 0 Å². The van der Waals surface area contributed by atoms with Crippen LogP contribution in [0.2, 0.25) is 0 Å². The maximum atomic E-state index is 12.3. The standard InChI is InChI=1S/C23H26N6O2S/c30-20(15-17-7-3-1-4-8-17)25-26-21(31)16-32-23-28-27-22(18-11-13-24-14-12-18)29(23)19-9-5-2-6-10-19/h1,3-4,7-8,11-14,19H,2,5-6,9-10,15-16H2,(H,25,30)(H,26,31).